The van der Waals surface area contributed by atoms with Gasteiger partial charge in [-0.2, -0.15) is 0 Å². The van der Waals surface area contributed by atoms with Crippen LogP contribution in [0.4, 0.5) is 0 Å². The van der Waals surface area contributed by atoms with Crippen molar-refractivity contribution in [3.63, 3.8) is 0 Å². The molecule has 0 radical (unpaired) electrons. The number of para-hydroxylation sites is 1. The predicted octanol–water partition coefficient (Wildman–Crippen LogP) is 1.25. The summed E-state index contributed by atoms with van der Waals surface area (Å²) >= 11 is 0. The molecule has 21 heavy (non-hydrogen) atoms. The topological polar surface area (TPSA) is 42.0 Å². The van der Waals surface area contributed by atoms with E-state index in [9.17, 15) is 4.79 Å². The Morgan fingerprint density at radius 2 is 2.00 bits per heavy atom. The third-order valence-electron chi connectivity index (χ3n) is 3.61. The van der Waals surface area contributed by atoms with Crippen molar-refractivity contribution >= 4 is 5.91 Å². The fourth-order valence-corrected chi connectivity index (χ4v) is 2.20. The zero-order valence-corrected chi connectivity index (χ0v) is 12.7. The Morgan fingerprint density at radius 1 is 1.29 bits per heavy atom. The molecule has 5 heteroatoms. The number of rotatable bonds is 7. The lowest BCUT2D eigenvalue weighted by Crippen LogP contribution is -2.42. The second kappa shape index (κ2) is 8.64. The van der Waals surface area contributed by atoms with Gasteiger partial charge in [0.1, 0.15) is 5.75 Å². The summed E-state index contributed by atoms with van der Waals surface area (Å²) in [6.07, 6.45) is 0.411. The molecular formula is C16H24N2O3. The van der Waals surface area contributed by atoms with Gasteiger partial charge < -0.3 is 14.4 Å². The van der Waals surface area contributed by atoms with Crippen LogP contribution in [0.2, 0.25) is 0 Å². The van der Waals surface area contributed by atoms with E-state index in [0.29, 0.717) is 13.0 Å². The molecule has 0 spiro atoms. The van der Waals surface area contributed by atoms with Gasteiger partial charge in [0.25, 0.3) is 0 Å². The van der Waals surface area contributed by atoms with E-state index in [1.54, 1.807) is 4.90 Å². The first-order valence-electron chi connectivity index (χ1n) is 7.47. The summed E-state index contributed by atoms with van der Waals surface area (Å²) in [6, 6.07) is 9.58. The van der Waals surface area contributed by atoms with Crippen LogP contribution in [0.15, 0.2) is 30.3 Å². The molecule has 0 aliphatic carbocycles. The highest BCUT2D eigenvalue weighted by Crippen LogP contribution is 2.08. The van der Waals surface area contributed by atoms with Crippen LogP contribution in [0.25, 0.3) is 0 Å². The molecule has 0 unspecified atom stereocenters. The summed E-state index contributed by atoms with van der Waals surface area (Å²) in [5.74, 6) is 0.931. The number of morpholine rings is 1. The molecule has 1 aromatic rings. The number of amides is 1. The summed E-state index contributed by atoms with van der Waals surface area (Å²) in [4.78, 5) is 16.1. The van der Waals surface area contributed by atoms with Crippen molar-refractivity contribution < 1.29 is 14.3 Å². The predicted molar refractivity (Wildman–Crippen MR) is 81.5 cm³/mol. The van der Waals surface area contributed by atoms with E-state index in [1.165, 1.54) is 0 Å². The second-order valence-corrected chi connectivity index (χ2v) is 5.18. The maximum Gasteiger partial charge on any atom is 0.225 e. The summed E-state index contributed by atoms with van der Waals surface area (Å²) in [5, 5.41) is 0. The number of carbonyl (C=O) groups excluding carboxylic acids is 1. The van der Waals surface area contributed by atoms with Crippen molar-refractivity contribution in [1.82, 2.24) is 9.80 Å². The van der Waals surface area contributed by atoms with Crippen molar-refractivity contribution in [2.75, 3.05) is 53.0 Å². The molecule has 1 aromatic carbocycles. The Bertz CT molecular complexity index is 419. The van der Waals surface area contributed by atoms with Gasteiger partial charge >= 0.3 is 0 Å². The monoisotopic (exact) mass is 292 g/mol. The Hall–Kier alpha value is -1.59. The average Bonchev–Trinajstić information content (AvgIpc) is 2.54. The average molecular weight is 292 g/mol. The molecule has 2 rings (SSSR count). The minimum atomic E-state index is 0.124. The first-order valence-corrected chi connectivity index (χ1v) is 7.47. The van der Waals surface area contributed by atoms with E-state index in [4.69, 9.17) is 9.47 Å². The maximum atomic E-state index is 12.0. The number of benzene rings is 1. The zero-order chi connectivity index (χ0) is 14.9. The highest BCUT2D eigenvalue weighted by Gasteiger charge is 2.13. The van der Waals surface area contributed by atoms with Gasteiger partial charge in [-0.15, -0.1) is 0 Å². The Balaban J connectivity index is 1.60. The summed E-state index contributed by atoms with van der Waals surface area (Å²) in [5.41, 5.74) is 0. The smallest absolute Gasteiger partial charge is 0.225 e. The van der Waals surface area contributed by atoms with Crippen LogP contribution in [0.3, 0.4) is 0 Å². The molecule has 1 aliphatic heterocycles. The Labute approximate surface area is 126 Å². The van der Waals surface area contributed by atoms with Gasteiger partial charge in [-0.05, 0) is 12.1 Å². The van der Waals surface area contributed by atoms with Gasteiger partial charge in [0.15, 0.2) is 0 Å². The molecule has 0 aromatic heterocycles. The third-order valence-corrected chi connectivity index (χ3v) is 3.61. The highest BCUT2D eigenvalue weighted by atomic mass is 16.5. The molecule has 1 aliphatic rings. The lowest BCUT2D eigenvalue weighted by molar-refractivity contribution is -0.130. The molecule has 1 amide bonds. The largest absolute Gasteiger partial charge is 0.493 e. The van der Waals surface area contributed by atoms with E-state index in [1.807, 2.05) is 37.4 Å². The molecule has 116 valence electrons. The fourth-order valence-electron chi connectivity index (χ4n) is 2.20. The molecular weight excluding hydrogens is 268 g/mol. The summed E-state index contributed by atoms with van der Waals surface area (Å²) in [7, 11) is 1.85. The van der Waals surface area contributed by atoms with E-state index < -0.39 is 0 Å². The summed E-state index contributed by atoms with van der Waals surface area (Å²) in [6.45, 7) is 5.59. The minimum absolute atomic E-state index is 0.124. The maximum absolute atomic E-state index is 12.0. The zero-order valence-electron chi connectivity index (χ0n) is 12.7. The molecule has 0 saturated carbocycles. The van der Waals surface area contributed by atoms with E-state index in [0.717, 1.165) is 45.1 Å². The van der Waals surface area contributed by atoms with Gasteiger partial charge in [0.2, 0.25) is 5.91 Å². The summed E-state index contributed by atoms with van der Waals surface area (Å²) < 4.78 is 10.9. The molecule has 1 heterocycles. The number of ether oxygens (including phenoxy) is 2. The lowest BCUT2D eigenvalue weighted by Gasteiger charge is -2.28. The van der Waals surface area contributed by atoms with Gasteiger partial charge in [-0.25, -0.2) is 0 Å². The standard InChI is InChI=1S/C16H24N2O3/c1-17(8-9-18-10-13-20-14-11-18)16(19)7-12-21-15-5-3-2-4-6-15/h2-6H,7-14H2,1H3. The van der Waals surface area contributed by atoms with Gasteiger partial charge in [-0.3, -0.25) is 9.69 Å². The van der Waals surface area contributed by atoms with Crippen LogP contribution in [0.1, 0.15) is 6.42 Å². The van der Waals surface area contributed by atoms with E-state index in [-0.39, 0.29) is 5.91 Å². The first kappa shape index (κ1) is 15.8. The lowest BCUT2D eigenvalue weighted by atomic mass is 10.3. The fraction of sp³-hybridized carbons (Fsp3) is 0.562. The van der Waals surface area contributed by atoms with Crippen LogP contribution < -0.4 is 4.74 Å². The number of hydrogen-bond acceptors (Lipinski definition) is 4. The van der Waals surface area contributed by atoms with Crippen LogP contribution in [-0.2, 0) is 9.53 Å². The second-order valence-electron chi connectivity index (χ2n) is 5.18. The first-order chi connectivity index (χ1) is 10.3. The van der Waals surface area contributed by atoms with Crippen molar-refractivity contribution in [3.05, 3.63) is 30.3 Å². The third kappa shape index (κ3) is 5.73. The van der Waals surface area contributed by atoms with Crippen LogP contribution in [0, 0.1) is 0 Å². The molecule has 5 nitrogen and oxygen atoms in total. The molecule has 0 atom stereocenters. The van der Waals surface area contributed by atoms with Gasteiger partial charge in [-0.1, -0.05) is 18.2 Å². The minimum Gasteiger partial charge on any atom is -0.493 e. The molecule has 1 fully saturated rings. The van der Waals surface area contributed by atoms with Gasteiger partial charge in [0.05, 0.1) is 26.2 Å². The normalized spacial score (nSPS) is 15.7. The van der Waals surface area contributed by atoms with Crippen LogP contribution in [0.5, 0.6) is 5.75 Å². The quantitative estimate of drug-likeness (QED) is 0.758. The van der Waals surface area contributed by atoms with Crippen LogP contribution >= 0.6 is 0 Å². The van der Waals surface area contributed by atoms with Gasteiger partial charge in [0, 0.05) is 33.2 Å². The molecule has 0 N–H and O–H groups in total. The van der Waals surface area contributed by atoms with E-state index in [2.05, 4.69) is 4.90 Å². The van der Waals surface area contributed by atoms with Crippen LogP contribution in [-0.4, -0.2) is 68.8 Å². The van der Waals surface area contributed by atoms with Crippen molar-refractivity contribution in [1.29, 1.82) is 0 Å². The number of likely N-dealkylation sites (N-methyl/N-ethyl adjacent to an activating group) is 1. The van der Waals surface area contributed by atoms with Crippen molar-refractivity contribution in [2.45, 2.75) is 6.42 Å². The van der Waals surface area contributed by atoms with Crippen molar-refractivity contribution in [3.8, 4) is 5.75 Å². The Kier molecular flexibility index (Phi) is 6.50. The SMILES string of the molecule is CN(CCN1CCOCC1)C(=O)CCOc1ccccc1. The van der Waals surface area contributed by atoms with E-state index >= 15 is 0 Å². The van der Waals surface area contributed by atoms with Crippen molar-refractivity contribution in [2.24, 2.45) is 0 Å². The number of carbonyl (C=O) groups is 1. The molecule has 1 saturated heterocycles. The number of nitrogens with zero attached hydrogens (tertiary/aromatic N) is 2. The number of hydrogen-bond donors (Lipinski definition) is 0. The highest BCUT2D eigenvalue weighted by molar-refractivity contribution is 5.75. The molecule has 0 bridgehead atoms. The Morgan fingerprint density at radius 3 is 2.71 bits per heavy atom.